The monoisotopic (exact) mass is 310 g/mol. The van der Waals surface area contributed by atoms with Gasteiger partial charge in [-0.2, -0.15) is 4.98 Å². The van der Waals surface area contributed by atoms with Crippen LogP contribution in [0.3, 0.4) is 0 Å². The lowest BCUT2D eigenvalue weighted by molar-refractivity contribution is 0.386. The van der Waals surface area contributed by atoms with Gasteiger partial charge in [0.05, 0.1) is 0 Å². The van der Waals surface area contributed by atoms with Crippen LogP contribution < -0.4 is 4.74 Å². The second kappa shape index (κ2) is 6.58. The molecule has 0 radical (unpaired) electrons. The molecule has 0 saturated carbocycles. The molecule has 0 spiro atoms. The van der Waals surface area contributed by atoms with Crippen molar-refractivity contribution in [2.24, 2.45) is 0 Å². The minimum atomic E-state index is 0.455. The van der Waals surface area contributed by atoms with Crippen molar-refractivity contribution in [2.75, 3.05) is 14.1 Å². The summed E-state index contributed by atoms with van der Waals surface area (Å²) in [7, 11) is 4.04. The summed E-state index contributed by atoms with van der Waals surface area (Å²) in [5.41, 5.74) is 1.87. The Bertz CT molecular complexity index is 799. The maximum absolute atomic E-state index is 5.95. The Morgan fingerprint density at radius 2 is 2.00 bits per heavy atom. The van der Waals surface area contributed by atoms with E-state index in [-0.39, 0.29) is 0 Å². The Morgan fingerprint density at radius 1 is 1.17 bits per heavy atom. The smallest absolute Gasteiger partial charge is 0.258 e. The molecule has 0 N–H and O–H groups in total. The molecule has 1 aromatic carbocycles. The van der Waals surface area contributed by atoms with E-state index in [1.807, 2.05) is 44.4 Å². The number of nitrogens with zero attached hydrogens (tertiary/aromatic N) is 4. The zero-order chi connectivity index (χ0) is 16.2. The summed E-state index contributed by atoms with van der Waals surface area (Å²) in [4.78, 5) is 10.6. The Hall–Kier alpha value is -2.73. The molecule has 118 valence electrons. The highest BCUT2D eigenvalue weighted by molar-refractivity contribution is 5.54. The normalized spacial score (nSPS) is 11.0. The second-order valence-corrected chi connectivity index (χ2v) is 5.48. The number of ether oxygens (including phenoxy) is 1. The van der Waals surface area contributed by atoms with Crippen molar-refractivity contribution in [2.45, 2.75) is 13.5 Å². The molecule has 2 heterocycles. The summed E-state index contributed by atoms with van der Waals surface area (Å²) < 4.78 is 11.1. The Balaban J connectivity index is 1.86. The van der Waals surface area contributed by atoms with Crippen molar-refractivity contribution in [3.8, 4) is 23.1 Å². The van der Waals surface area contributed by atoms with Gasteiger partial charge in [-0.15, -0.1) is 0 Å². The fourth-order valence-corrected chi connectivity index (χ4v) is 2.20. The van der Waals surface area contributed by atoms with E-state index >= 15 is 0 Å². The fraction of sp³-hybridized carbons (Fsp3) is 0.235. The number of aromatic nitrogens is 3. The van der Waals surface area contributed by atoms with Crippen LogP contribution in [0.15, 0.2) is 47.1 Å². The SMILES string of the molecule is Cc1noc(-c2ccnc(Oc3ccccc3CN(C)C)c2)n1. The van der Waals surface area contributed by atoms with Crippen LogP contribution in [0.2, 0.25) is 0 Å². The van der Waals surface area contributed by atoms with Crippen LogP contribution >= 0.6 is 0 Å². The van der Waals surface area contributed by atoms with Gasteiger partial charge in [-0.05, 0) is 33.2 Å². The van der Waals surface area contributed by atoms with Crippen LogP contribution in [0.1, 0.15) is 11.4 Å². The highest BCUT2D eigenvalue weighted by atomic mass is 16.5. The van der Waals surface area contributed by atoms with Gasteiger partial charge in [-0.25, -0.2) is 4.98 Å². The molecule has 3 aromatic rings. The largest absolute Gasteiger partial charge is 0.439 e. The summed E-state index contributed by atoms with van der Waals surface area (Å²) in [5.74, 6) is 2.32. The van der Waals surface area contributed by atoms with E-state index in [1.54, 1.807) is 19.2 Å². The van der Waals surface area contributed by atoms with Gasteiger partial charge in [0.2, 0.25) is 5.88 Å². The summed E-state index contributed by atoms with van der Waals surface area (Å²) in [6, 6.07) is 11.5. The molecule has 23 heavy (non-hydrogen) atoms. The number of hydrogen-bond donors (Lipinski definition) is 0. The summed E-state index contributed by atoms with van der Waals surface area (Å²) in [6.45, 7) is 2.57. The molecule has 0 aliphatic rings. The molecule has 2 aromatic heterocycles. The molecule has 0 bridgehead atoms. The van der Waals surface area contributed by atoms with Crippen molar-refractivity contribution in [1.29, 1.82) is 0 Å². The first-order chi connectivity index (χ1) is 11.1. The molecular formula is C17H18N4O2. The van der Waals surface area contributed by atoms with E-state index in [2.05, 4.69) is 20.0 Å². The molecule has 6 heteroatoms. The van der Waals surface area contributed by atoms with Crippen LogP contribution in [0, 0.1) is 6.92 Å². The van der Waals surface area contributed by atoms with Gasteiger partial charge in [0, 0.05) is 29.9 Å². The average Bonchev–Trinajstić information content (AvgIpc) is 2.96. The maximum atomic E-state index is 5.95. The van der Waals surface area contributed by atoms with E-state index in [1.165, 1.54) is 0 Å². The molecular weight excluding hydrogens is 292 g/mol. The Labute approximate surface area is 134 Å². The lowest BCUT2D eigenvalue weighted by Gasteiger charge is -2.14. The summed E-state index contributed by atoms with van der Waals surface area (Å²) >= 11 is 0. The van der Waals surface area contributed by atoms with Crippen molar-refractivity contribution in [3.63, 3.8) is 0 Å². The number of benzene rings is 1. The highest BCUT2D eigenvalue weighted by Crippen LogP contribution is 2.27. The van der Waals surface area contributed by atoms with Crippen molar-refractivity contribution in [1.82, 2.24) is 20.0 Å². The fourth-order valence-electron chi connectivity index (χ4n) is 2.20. The minimum Gasteiger partial charge on any atom is -0.439 e. The van der Waals surface area contributed by atoms with Gasteiger partial charge in [-0.1, -0.05) is 23.4 Å². The van der Waals surface area contributed by atoms with Crippen LogP contribution in [-0.4, -0.2) is 34.1 Å². The van der Waals surface area contributed by atoms with E-state index in [9.17, 15) is 0 Å². The first-order valence-electron chi connectivity index (χ1n) is 7.29. The van der Waals surface area contributed by atoms with Crippen LogP contribution in [-0.2, 0) is 6.54 Å². The molecule has 0 atom stereocenters. The topological polar surface area (TPSA) is 64.3 Å². The van der Waals surface area contributed by atoms with Crippen molar-refractivity contribution < 1.29 is 9.26 Å². The van der Waals surface area contributed by atoms with E-state index in [0.717, 1.165) is 23.4 Å². The van der Waals surface area contributed by atoms with Gasteiger partial charge in [0.1, 0.15) is 5.75 Å². The summed E-state index contributed by atoms with van der Waals surface area (Å²) in [5, 5.41) is 3.80. The third kappa shape index (κ3) is 3.73. The minimum absolute atomic E-state index is 0.455. The Kier molecular flexibility index (Phi) is 4.34. The average molecular weight is 310 g/mol. The highest BCUT2D eigenvalue weighted by Gasteiger charge is 2.10. The van der Waals surface area contributed by atoms with Gasteiger partial charge in [0.25, 0.3) is 5.89 Å². The van der Waals surface area contributed by atoms with Crippen molar-refractivity contribution >= 4 is 0 Å². The number of aryl methyl sites for hydroxylation is 1. The lowest BCUT2D eigenvalue weighted by Crippen LogP contribution is -2.11. The standard InChI is InChI=1S/C17H18N4O2/c1-12-19-17(23-20-12)13-8-9-18-16(10-13)22-15-7-5-4-6-14(15)11-21(2)3/h4-10H,11H2,1-3H3. The summed E-state index contributed by atoms with van der Waals surface area (Å²) in [6.07, 6.45) is 1.67. The first kappa shape index (κ1) is 15.2. The number of para-hydroxylation sites is 1. The molecule has 6 nitrogen and oxygen atoms in total. The van der Waals surface area contributed by atoms with Gasteiger partial charge in [0.15, 0.2) is 5.82 Å². The van der Waals surface area contributed by atoms with E-state index in [0.29, 0.717) is 17.6 Å². The second-order valence-electron chi connectivity index (χ2n) is 5.48. The molecule has 0 fully saturated rings. The third-order valence-electron chi connectivity index (χ3n) is 3.18. The zero-order valence-corrected chi connectivity index (χ0v) is 13.4. The van der Waals surface area contributed by atoms with Gasteiger partial charge < -0.3 is 14.2 Å². The molecule has 3 rings (SSSR count). The predicted molar refractivity (Wildman–Crippen MR) is 86.2 cm³/mol. The van der Waals surface area contributed by atoms with Crippen LogP contribution in [0.25, 0.3) is 11.5 Å². The first-order valence-corrected chi connectivity index (χ1v) is 7.29. The van der Waals surface area contributed by atoms with Crippen molar-refractivity contribution in [3.05, 3.63) is 54.0 Å². The molecule has 0 unspecified atom stereocenters. The van der Waals surface area contributed by atoms with E-state index in [4.69, 9.17) is 9.26 Å². The Morgan fingerprint density at radius 3 is 2.74 bits per heavy atom. The molecule has 0 amide bonds. The third-order valence-corrected chi connectivity index (χ3v) is 3.18. The van der Waals surface area contributed by atoms with Gasteiger partial charge in [-0.3, -0.25) is 0 Å². The number of rotatable bonds is 5. The molecule has 0 saturated heterocycles. The van der Waals surface area contributed by atoms with E-state index < -0.39 is 0 Å². The number of hydrogen-bond acceptors (Lipinski definition) is 6. The number of pyridine rings is 1. The maximum Gasteiger partial charge on any atom is 0.258 e. The molecule has 0 aliphatic carbocycles. The lowest BCUT2D eigenvalue weighted by atomic mass is 10.2. The van der Waals surface area contributed by atoms with Gasteiger partial charge >= 0.3 is 0 Å². The zero-order valence-electron chi connectivity index (χ0n) is 13.4. The molecule has 0 aliphatic heterocycles. The van der Waals surface area contributed by atoms with Crippen LogP contribution in [0.4, 0.5) is 0 Å². The van der Waals surface area contributed by atoms with Crippen LogP contribution in [0.5, 0.6) is 11.6 Å². The predicted octanol–water partition coefficient (Wildman–Crippen LogP) is 3.29. The quantitative estimate of drug-likeness (QED) is 0.720.